The van der Waals surface area contributed by atoms with Gasteiger partial charge in [0.1, 0.15) is 0 Å². The summed E-state index contributed by atoms with van der Waals surface area (Å²) in [7, 11) is 0. The van der Waals surface area contributed by atoms with E-state index in [0.717, 1.165) is 28.2 Å². The summed E-state index contributed by atoms with van der Waals surface area (Å²) in [5, 5.41) is 0. The van der Waals surface area contributed by atoms with Crippen molar-refractivity contribution in [3.8, 4) is 0 Å². The first-order valence-corrected chi connectivity index (χ1v) is 10.3. The fourth-order valence-corrected chi connectivity index (χ4v) is 3.73. The van der Waals surface area contributed by atoms with Gasteiger partial charge < -0.3 is 0 Å². The number of carbonyl (C=O) groups excluding carboxylic acids is 1. The molecule has 0 fully saturated rings. The Bertz CT molecular complexity index is 1290. The van der Waals surface area contributed by atoms with Gasteiger partial charge in [-0.2, -0.15) is 0 Å². The molecule has 0 saturated heterocycles. The van der Waals surface area contributed by atoms with Crippen LogP contribution in [0.5, 0.6) is 0 Å². The molecule has 0 amide bonds. The normalized spacial score (nSPS) is 12.9. The smallest absolute Gasteiger partial charge is 0.193 e. The molecule has 0 bridgehead atoms. The van der Waals surface area contributed by atoms with Crippen molar-refractivity contribution in [2.75, 3.05) is 0 Å². The molecule has 5 rings (SSSR count). The second-order valence-electron chi connectivity index (χ2n) is 7.42. The Kier molecular flexibility index (Phi) is 5.07. The number of benzene rings is 4. The van der Waals surface area contributed by atoms with Crippen LogP contribution in [0.15, 0.2) is 119 Å². The number of hydrogen-bond donors (Lipinski definition) is 0. The summed E-state index contributed by atoms with van der Waals surface area (Å²) in [6.07, 6.45) is 0.616. The molecule has 0 aromatic heterocycles. The zero-order valence-corrected chi connectivity index (χ0v) is 16.9. The summed E-state index contributed by atoms with van der Waals surface area (Å²) in [5.41, 5.74) is 6.79. The first-order valence-electron chi connectivity index (χ1n) is 10.3. The number of aliphatic imine (C=N–C) groups is 2. The molecule has 1 aliphatic heterocycles. The Morgan fingerprint density at radius 3 is 1.65 bits per heavy atom. The van der Waals surface area contributed by atoms with Crippen LogP contribution in [-0.2, 0) is 0 Å². The van der Waals surface area contributed by atoms with Crippen molar-refractivity contribution in [2.24, 2.45) is 9.98 Å². The molecule has 4 aromatic rings. The lowest BCUT2D eigenvalue weighted by molar-refractivity contribution is 0.103. The Labute approximate surface area is 181 Å². The molecular formula is C28H20N2O. The molecule has 1 aliphatic rings. The second-order valence-corrected chi connectivity index (χ2v) is 7.42. The predicted octanol–water partition coefficient (Wildman–Crippen LogP) is 6.56. The standard InChI is InChI=1S/C28H20N2O/c31-28(22-14-8-3-9-15-22)23-16-17-24-27(18-23)30-26(21-12-6-2-7-13-21)19-25(29-24)20-10-4-1-5-11-20/h1-18H,19H2. The molecule has 0 spiro atoms. The number of rotatable bonds is 4. The lowest BCUT2D eigenvalue weighted by Crippen LogP contribution is -2.09. The highest BCUT2D eigenvalue weighted by atomic mass is 16.1. The van der Waals surface area contributed by atoms with Crippen LogP contribution in [0.4, 0.5) is 11.4 Å². The van der Waals surface area contributed by atoms with Gasteiger partial charge in [-0.1, -0.05) is 91.0 Å². The summed E-state index contributed by atoms with van der Waals surface area (Å²) >= 11 is 0. The highest BCUT2D eigenvalue weighted by molar-refractivity contribution is 6.20. The topological polar surface area (TPSA) is 41.8 Å². The summed E-state index contributed by atoms with van der Waals surface area (Å²) in [4.78, 5) is 22.9. The van der Waals surface area contributed by atoms with E-state index < -0.39 is 0 Å². The van der Waals surface area contributed by atoms with Crippen molar-refractivity contribution < 1.29 is 4.79 Å². The third-order valence-corrected chi connectivity index (χ3v) is 5.33. The highest BCUT2D eigenvalue weighted by Gasteiger charge is 2.18. The minimum atomic E-state index is -0.0172. The molecule has 0 radical (unpaired) electrons. The fraction of sp³-hybridized carbons (Fsp3) is 0.0357. The van der Waals surface area contributed by atoms with E-state index in [1.165, 1.54) is 0 Å². The Balaban J connectivity index is 1.64. The van der Waals surface area contributed by atoms with Gasteiger partial charge >= 0.3 is 0 Å². The molecule has 0 N–H and O–H groups in total. The average Bonchev–Trinajstić information content (AvgIpc) is 3.04. The van der Waals surface area contributed by atoms with Crippen LogP contribution in [0.1, 0.15) is 33.5 Å². The van der Waals surface area contributed by atoms with Crippen molar-refractivity contribution in [1.82, 2.24) is 0 Å². The van der Waals surface area contributed by atoms with E-state index >= 15 is 0 Å². The highest BCUT2D eigenvalue weighted by Crippen LogP contribution is 2.34. The van der Waals surface area contributed by atoms with Gasteiger partial charge in [-0.25, -0.2) is 0 Å². The van der Waals surface area contributed by atoms with E-state index in [1.807, 2.05) is 84.9 Å². The van der Waals surface area contributed by atoms with Crippen molar-refractivity contribution in [3.05, 3.63) is 131 Å². The van der Waals surface area contributed by atoms with Gasteiger partial charge in [-0.05, 0) is 29.3 Å². The molecular weight excluding hydrogens is 380 g/mol. The maximum atomic E-state index is 13.0. The van der Waals surface area contributed by atoms with Gasteiger partial charge in [-0.15, -0.1) is 0 Å². The van der Waals surface area contributed by atoms with Crippen LogP contribution in [0, 0.1) is 0 Å². The zero-order chi connectivity index (χ0) is 21.0. The van der Waals surface area contributed by atoms with Crippen LogP contribution in [0.2, 0.25) is 0 Å². The average molecular weight is 400 g/mol. The zero-order valence-electron chi connectivity index (χ0n) is 16.9. The Morgan fingerprint density at radius 2 is 1.06 bits per heavy atom. The molecule has 3 heteroatoms. The molecule has 1 heterocycles. The van der Waals surface area contributed by atoms with E-state index in [9.17, 15) is 4.79 Å². The molecule has 4 aromatic carbocycles. The summed E-state index contributed by atoms with van der Waals surface area (Å²) in [5.74, 6) is -0.0172. The Hall–Kier alpha value is -4.11. The van der Waals surface area contributed by atoms with Gasteiger partial charge in [0.15, 0.2) is 5.78 Å². The minimum absolute atomic E-state index is 0.0172. The first kappa shape index (κ1) is 18.9. The molecule has 0 aliphatic carbocycles. The third kappa shape index (κ3) is 3.99. The van der Waals surface area contributed by atoms with E-state index in [-0.39, 0.29) is 5.78 Å². The van der Waals surface area contributed by atoms with Crippen molar-refractivity contribution in [1.29, 1.82) is 0 Å². The van der Waals surface area contributed by atoms with Crippen LogP contribution >= 0.6 is 0 Å². The van der Waals surface area contributed by atoms with Gasteiger partial charge in [0, 0.05) is 17.5 Å². The predicted molar refractivity (Wildman–Crippen MR) is 126 cm³/mol. The van der Waals surface area contributed by atoms with Crippen LogP contribution in [0.25, 0.3) is 0 Å². The quantitative estimate of drug-likeness (QED) is 0.358. The van der Waals surface area contributed by atoms with Gasteiger partial charge in [0.2, 0.25) is 0 Å². The van der Waals surface area contributed by atoms with E-state index in [1.54, 1.807) is 0 Å². The van der Waals surface area contributed by atoms with E-state index in [2.05, 4.69) is 24.3 Å². The number of hydrogen-bond acceptors (Lipinski definition) is 3. The van der Waals surface area contributed by atoms with E-state index in [0.29, 0.717) is 23.2 Å². The number of fused-ring (bicyclic) bond motifs is 1. The summed E-state index contributed by atoms with van der Waals surface area (Å²) < 4.78 is 0. The van der Waals surface area contributed by atoms with Crippen molar-refractivity contribution >= 4 is 28.6 Å². The van der Waals surface area contributed by atoms with Crippen LogP contribution < -0.4 is 0 Å². The first-order chi connectivity index (χ1) is 15.3. The van der Waals surface area contributed by atoms with Crippen LogP contribution in [-0.4, -0.2) is 17.2 Å². The maximum absolute atomic E-state index is 13.0. The van der Waals surface area contributed by atoms with Gasteiger partial charge in [-0.3, -0.25) is 14.8 Å². The lowest BCUT2D eigenvalue weighted by atomic mass is 10.00. The van der Waals surface area contributed by atoms with Gasteiger partial charge in [0.05, 0.1) is 22.8 Å². The monoisotopic (exact) mass is 400 g/mol. The number of nitrogens with zero attached hydrogens (tertiary/aromatic N) is 2. The Morgan fingerprint density at radius 1 is 0.548 bits per heavy atom. The second kappa shape index (κ2) is 8.33. The summed E-state index contributed by atoms with van der Waals surface area (Å²) in [6.45, 7) is 0. The molecule has 0 saturated carbocycles. The fourth-order valence-electron chi connectivity index (χ4n) is 3.73. The number of ketones is 1. The SMILES string of the molecule is O=C(c1ccccc1)c1ccc2c(c1)N=C(c1ccccc1)CC(c1ccccc1)=N2. The van der Waals surface area contributed by atoms with Crippen LogP contribution in [0.3, 0.4) is 0 Å². The molecule has 31 heavy (non-hydrogen) atoms. The third-order valence-electron chi connectivity index (χ3n) is 5.33. The lowest BCUT2D eigenvalue weighted by Gasteiger charge is -2.07. The molecule has 3 nitrogen and oxygen atoms in total. The van der Waals surface area contributed by atoms with E-state index in [4.69, 9.17) is 9.98 Å². The largest absolute Gasteiger partial charge is 0.289 e. The van der Waals surface area contributed by atoms with Gasteiger partial charge in [0.25, 0.3) is 0 Å². The molecule has 0 atom stereocenters. The number of carbonyl (C=O) groups is 1. The summed E-state index contributed by atoms with van der Waals surface area (Å²) in [6, 6.07) is 35.2. The maximum Gasteiger partial charge on any atom is 0.193 e. The van der Waals surface area contributed by atoms with Crippen molar-refractivity contribution in [2.45, 2.75) is 6.42 Å². The minimum Gasteiger partial charge on any atom is -0.289 e. The molecule has 148 valence electrons. The molecule has 0 unspecified atom stereocenters. The van der Waals surface area contributed by atoms with Crippen molar-refractivity contribution in [3.63, 3.8) is 0 Å².